The van der Waals surface area contributed by atoms with E-state index in [1.807, 2.05) is 26.8 Å². The third kappa shape index (κ3) is 3.00. The third-order valence-corrected chi connectivity index (χ3v) is 4.09. The summed E-state index contributed by atoms with van der Waals surface area (Å²) in [6.45, 7) is 7.68. The highest BCUT2D eigenvalue weighted by atomic mass is 79.9. The Kier molecular flexibility index (Phi) is 4.57. The predicted molar refractivity (Wildman–Crippen MR) is 70.7 cm³/mol. The zero-order valence-corrected chi connectivity index (χ0v) is 12.1. The number of carboxylic acids is 1. The first-order chi connectivity index (χ1) is 7.88. The number of hydrogen-bond acceptors (Lipinski definition) is 2. The molecule has 4 heteroatoms. The van der Waals surface area contributed by atoms with E-state index >= 15 is 0 Å². The molecule has 0 amide bonds. The summed E-state index contributed by atoms with van der Waals surface area (Å²) in [5.74, 6) is -0.275. The molecule has 0 heterocycles. The van der Waals surface area contributed by atoms with Crippen LogP contribution in [-0.4, -0.2) is 17.2 Å². The molecule has 0 bridgehead atoms. The molecule has 0 radical (unpaired) electrons. The number of aryl methyl sites for hydroxylation is 1. The highest BCUT2D eigenvalue weighted by Crippen LogP contribution is 2.31. The zero-order chi connectivity index (χ0) is 13.2. The Labute approximate surface area is 110 Å². The van der Waals surface area contributed by atoms with E-state index in [-0.39, 0.29) is 0 Å². The molecular weight excluding hydrogens is 284 g/mol. The molecule has 0 saturated heterocycles. The molecular formula is C13H17BrO3. The average molecular weight is 301 g/mol. The molecule has 0 aliphatic rings. The van der Waals surface area contributed by atoms with Gasteiger partial charge in [-0.1, -0.05) is 22.9 Å². The van der Waals surface area contributed by atoms with Gasteiger partial charge in [-0.2, -0.15) is 0 Å². The molecule has 17 heavy (non-hydrogen) atoms. The van der Waals surface area contributed by atoms with Gasteiger partial charge in [0.25, 0.3) is 0 Å². The maximum atomic E-state index is 10.9. The van der Waals surface area contributed by atoms with Crippen LogP contribution < -0.4 is 4.74 Å². The number of carbonyl (C=O) groups is 1. The van der Waals surface area contributed by atoms with Gasteiger partial charge in [-0.25, -0.2) is 4.79 Å². The molecule has 0 aliphatic heterocycles. The maximum absolute atomic E-state index is 10.9. The monoisotopic (exact) mass is 300 g/mol. The lowest BCUT2D eigenvalue weighted by atomic mass is 10.1. The van der Waals surface area contributed by atoms with Crippen LogP contribution in [0.1, 0.15) is 30.0 Å². The van der Waals surface area contributed by atoms with E-state index in [2.05, 4.69) is 15.9 Å². The fourth-order valence-corrected chi connectivity index (χ4v) is 2.01. The molecule has 1 atom stereocenters. The van der Waals surface area contributed by atoms with Gasteiger partial charge in [0.1, 0.15) is 5.75 Å². The molecule has 1 unspecified atom stereocenters. The van der Waals surface area contributed by atoms with Crippen LogP contribution in [0.4, 0.5) is 0 Å². The normalized spacial score (nSPS) is 12.3. The Morgan fingerprint density at radius 3 is 2.47 bits per heavy atom. The minimum atomic E-state index is -0.926. The summed E-state index contributed by atoms with van der Waals surface area (Å²) in [6, 6.07) is 1.87. The second-order valence-corrected chi connectivity index (χ2v) is 4.90. The van der Waals surface area contributed by atoms with E-state index in [0.717, 1.165) is 21.2 Å². The standard InChI is InChI=1S/C13H17BrO3/c1-5-10(13(15)16)17-11-6-7(2)12(14)9(4)8(11)3/h6,10H,5H2,1-4H3,(H,15,16). The second kappa shape index (κ2) is 5.54. The highest BCUT2D eigenvalue weighted by Gasteiger charge is 2.19. The Morgan fingerprint density at radius 1 is 1.41 bits per heavy atom. The van der Waals surface area contributed by atoms with Crippen LogP contribution in [-0.2, 0) is 4.79 Å². The summed E-state index contributed by atoms with van der Waals surface area (Å²) in [5, 5.41) is 8.98. The fraction of sp³-hybridized carbons (Fsp3) is 0.462. The van der Waals surface area contributed by atoms with Crippen LogP contribution in [0.5, 0.6) is 5.75 Å². The van der Waals surface area contributed by atoms with Crippen molar-refractivity contribution in [1.29, 1.82) is 0 Å². The number of carboxylic acid groups (broad SMARTS) is 1. The van der Waals surface area contributed by atoms with E-state index in [1.54, 1.807) is 6.92 Å². The molecule has 0 aromatic heterocycles. The number of benzene rings is 1. The van der Waals surface area contributed by atoms with Crippen molar-refractivity contribution < 1.29 is 14.6 Å². The maximum Gasteiger partial charge on any atom is 0.344 e. The highest BCUT2D eigenvalue weighted by molar-refractivity contribution is 9.10. The van der Waals surface area contributed by atoms with Crippen LogP contribution in [0.15, 0.2) is 10.5 Å². The summed E-state index contributed by atoms with van der Waals surface area (Å²) in [5.41, 5.74) is 3.10. The van der Waals surface area contributed by atoms with E-state index < -0.39 is 12.1 Å². The Balaban J connectivity index is 3.11. The van der Waals surface area contributed by atoms with Crippen molar-refractivity contribution in [3.63, 3.8) is 0 Å². The molecule has 1 aromatic rings. The van der Waals surface area contributed by atoms with Crippen molar-refractivity contribution in [1.82, 2.24) is 0 Å². The van der Waals surface area contributed by atoms with Gasteiger partial charge in [-0.05, 0) is 49.9 Å². The summed E-state index contributed by atoms with van der Waals surface area (Å²) < 4.78 is 6.60. The molecule has 0 spiro atoms. The van der Waals surface area contributed by atoms with E-state index in [4.69, 9.17) is 9.84 Å². The summed E-state index contributed by atoms with van der Waals surface area (Å²) in [6.07, 6.45) is -0.336. The van der Waals surface area contributed by atoms with Gasteiger partial charge in [0, 0.05) is 4.47 Å². The Morgan fingerprint density at radius 2 is 2.00 bits per heavy atom. The first-order valence-corrected chi connectivity index (χ1v) is 6.33. The van der Waals surface area contributed by atoms with E-state index in [9.17, 15) is 4.79 Å². The molecule has 0 saturated carbocycles. The average Bonchev–Trinajstić information content (AvgIpc) is 2.29. The van der Waals surface area contributed by atoms with Crippen LogP contribution in [0.25, 0.3) is 0 Å². The van der Waals surface area contributed by atoms with Crippen molar-refractivity contribution in [2.24, 2.45) is 0 Å². The minimum Gasteiger partial charge on any atom is -0.479 e. The number of aliphatic carboxylic acids is 1. The Bertz CT molecular complexity index is 441. The Hall–Kier alpha value is -1.03. The van der Waals surface area contributed by atoms with Gasteiger partial charge in [0.2, 0.25) is 0 Å². The number of halogens is 1. The topological polar surface area (TPSA) is 46.5 Å². The first kappa shape index (κ1) is 14.0. The van der Waals surface area contributed by atoms with Gasteiger partial charge < -0.3 is 9.84 Å². The first-order valence-electron chi connectivity index (χ1n) is 5.54. The second-order valence-electron chi connectivity index (χ2n) is 4.11. The van der Waals surface area contributed by atoms with E-state index in [1.165, 1.54) is 0 Å². The van der Waals surface area contributed by atoms with Crippen LogP contribution >= 0.6 is 15.9 Å². The number of hydrogen-bond donors (Lipinski definition) is 1. The van der Waals surface area contributed by atoms with Gasteiger partial charge in [-0.3, -0.25) is 0 Å². The lowest BCUT2D eigenvalue weighted by Gasteiger charge is -2.18. The van der Waals surface area contributed by atoms with Crippen LogP contribution in [0, 0.1) is 20.8 Å². The van der Waals surface area contributed by atoms with Crippen molar-refractivity contribution in [3.05, 3.63) is 27.2 Å². The van der Waals surface area contributed by atoms with Crippen molar-refractivity contribution in [3.8, 4) is 5.75 Å². The molecule has 94 valence electrons. The van der Waals surface area contributed by atoms with Gasteiger partial charge in [0.15, 0.2) is 6.10 Å². The van der Waals surface area contributed by atoms with Crippen molar-refractivity contribution in [2.45, 2.75) is 40.2 Å². The molecule has 1 rings (SSSR count). The number of rotatable bonds is 4. The van der Waals surface area contributed by atoms with Gasteiger partial charge in [0.05, 0.1) is 0 Å². The molecule has 1 aromatic carbocycles. The van der Waals surface area contributed by atoms with Crippen LogP contribution in [0.2, 0.25) is 0 Å². The van der Waals surface area contributed by atoms with Crippen LogP contribution in [0.3, 0.4) is 0 Å². The molecule has 1 N–H and O–H groups in total. The fourth-order valence-electron chi connectivity index (χ4n) is 1.60. The SMILES string of the molecule is CCC(Oc1cc(C)c(Br)c(C)c1C)C(=O)O. The van der Waals surface area contributed by atoms with E-state index in [0.29, 0.717) is 12.2 Å². The summed E-state index contributed by atoms with van der Waals surface area (Å²) in [7, 11) is 0. The van der Waals surface area contributed by atoms with Gasteiger partial charge >= 0.3 is 5.97 Å². The third-order valence-electron chi connectivity index (χ3n) is 2.87. The quantitative estimate of drug-likeness (QED) is 0.924. The minimum absolute atomic E-state index is 0.447. The van der Waals surface area contributed by atoms with Crippen molar-refractivity contribution in [2.75, 3.05) is 0 Å². The zero-order valence-electron chi connectivity index (χ0n) is 10.5. The lowest BCUT2D eigenvalue weighted by molar-refractivity contribution is -0.145. The molecule has 0 aliphatic carbocycles. The molecule has 0 fully saturated rings. The van der Waals surface area contributed by atoms with Crippen molar-refractivity contribution >= 4 is 21.9 Å². The van der Waals surface area contributed by atoms with Gasteiger partial charge in [-0.15, -0.1) is 0 Å². The summed E-state index contributed by atoms with van der Waals surface area (Å²) >= 11 is 3.50. The summed E-state index contributed by atoms with van der Waals surface area (Å²) in [4.78, 5) is 10.9. The predicted octanol–water partition coefficient (Wildman–Crippen LogP) is 3.62. The largest absolute Gasteiger partial charge is 0.479 e. The number of ether oxygens (including phenoxy) is 1. The lowest BCUT2D eigenvalue weighted by Crippen LogP contribution is -2.26. The smallest absolute Gasteiger partial charge is 0.344 e. The molecule has 3 nitrogen and oxygen atoms in total.